The molecule has 1 aliphatic heterocycles. The number of hydrogen-bond donors (Lipinski definition) is 10. The van der Waals surface area contributed by atoms with Crippen molar-refractivity contribution < 1.29 is 48.9 Å². The molecule has 1 fully saturated rings. The number of aliphatic hydroxyl groups is 2. The van der Waals surface area contributed by atoms with Gasteiger partial charge in [0.25, 0.3) is 0 Å². The van der Waals surface area contributed by atoms with Gasteiger partial charge in [-0.3, -0.25) is 28.8 Å². The number of imidazole rings is 1. The summed E-state index contributed by atoms with van der Waals surface area (Å²) in [6.07, 6.45) is 4.66. The van der Waals surface area contributed by atoms with Crippen LogP contribution in [0.4, 0.5) is 0 Å². The van der Waals surface area contributed by atoms with Crippen LogP contribution < -0.4 is 32.3 Å². The lowest BCUT2D eigenvalue weighted by molar-refractivity contribution is -0.145. The molecule has 1 aromatic heterocycles. The van der Waals surface area contributed by atoms with Crippen molar-refractivity contribution in [2.45, 2.75) is 108 Å². The van der Waals surface area contributed by atoms with Gasteiger partial charge in [0.15, 0.2) is 6.04 Å². The first-order valence-electron chi connectivity index (χ1n) is 19.2. The molecule has 9 atom stereocenters. The zero-order chi connectivity index (χ0) is 42.9. The summed E-state index contributed by atoms with van der Waals surface area (Å²) in [5.41, 5.74) is 7.26. The Morgan fingerprint density at radius 2 is 1.57 bits per heavy atom. The minimum atomic E-state index is -1.65. The number of carboxylic acid groups (broad SMARTS) is 1. The van der Waals surface area contributed by atoms with Crippen LogP contribution in [0.5, 0.6) is 0 Å². The fourth-order valence-electron chi connectivity index (χ4n) is 6.38. The van der Waals surface area contributed by atoms with Gasteiger partial charge in [-0.15, -0.1) is 0 Å². The molecule has 1 saturated heterocycles. The van der Waals surface area contributed by atoms with Crippen LogP contribution in [0.2, 0.25) is 0 Å². The average molecular weight is 832 g/mol. The van der Waals surface area contributed by atoms with E-state index in [9.17, 15) is 48.9 Å². The van der Waals surface area contributed by atoms with Crippen molar-refractivity contribution in [3.63, 3.8) is 0 Å². The van der Waals surface area contributed by atoms with E-state index >= 15 is 0 Å². The number of likely N-dealkylation sites (tertiary alicyclic amines) is 1. The smallest absolute Gasteiger partial charge is 0.328 e. The Hall–Kier alpha value is -5.05. The molecule has 1 aromatic carbocycles. The number of carbonyl (C=O) groups is 7. The zero-order valence-corrected chi connectivity index (χ0v) is 34.0. The lowest BCUT2D eigenvalue weighted by Crippen LogP contribution is -2.61. The van der Waals surface area contributed by atoms with E-state index in [-0.39, 0.29) is 32.2 Å². The topological polar surface area (TPSA) is 298 Å². The van der Waals surface area contributed by atoms with Crippen LogP contribution >= 0.6 is 11.8 Å². The third-order valence-electron chi connectivity index (χ3n) is 9.97. The number of aliphatic carboxylic acids is 1. The van der Waals surface area contributed by atoms with Gasteiger partial charge in [0, 0.05) is 31.3 Å². The fraction of sp³-hybridized carbons (Fsp3) is 0.579. The lowest BCUT2D eigenvalue weighted by Gasteiger charge is -2.31. The predicted octanol–water partition coefficient (Wildman–Crippen LogP) is -1.81. The maximum absolute atomic E-state index is 13.9. The van der Waals surface area contributed by atoms with Crippen molar-refractivity contribution in [1.29, 1.82) is 0 Å². The number of thioether (sulfide) groups is 1. The number of aromatic amines is 1. The first kappa shape index (κ1) is 47.3. The second kappa shape index (κ2) is 23.4. The molecule has 0 bridgehead atoms. The predicted molar refractivity (Wildman–Crippen MR) is 214 cm³/mol. The molecule has 2 aromatic rings. The number of aromatic nitrogens is 2. The maximum atomic E-state index is 13.9. The molecular weight excluding hydrogens is 775 g/mol. The van der Waals surface area contributed by atoms with Gasteiger partial charge in [-0.25, -0.2) is 9.78 Å². The van der Waals surface area contributed by atoms with Crippen LogP contribution in [0.3, 0.4) is 0 Å². The van der Waals surface area contributed by atoms with Crippen molar-refractivity contribution in [2.75, 3.05) is 25.2 Å². The molecule has 20 heteroatoms. The first-order chi connectivity index (χ1) is 27.6. The number of rotatable bonds is 23. The molecular formula is C38H57N9O10S. The van der Waals surface area contributed by atoms with Crippen LogP contribution in [0.25, 0.3) is 0 Å². The number of benzene rings is 1. The maximum Gasteiger partial charge on any atom is 0.328 e. The first-order valence-corrected chi connectivity index (χ1v) is 20.6. The number of H-pyrrole nitrogens is 1. The van der Waals surface area contributed by atoms with Gasteiger partial charge in [0.1, 0.15) is 30.2 Å². The second-order valence-corrected chi connectivity index (χ2v) is 15.3. The highest BCUT2D eigenvalue weighted by Crippen LogP contribution is 2.20. The summed E-state index contributed by atoms with van der Waals surface area (Å²) in [5, 5.41) is 42.5. The second-order valence-electron chi connectivity index (χ2n) is 14.4. The van der Waals surface area contributed by atoms with E-state index in [2.05, 4.69) is 36.6 Å². The Morgan fingerprint density at radius 3 is 2.16 bits per heavy atom. The zero-order valence-electron chi connectivity index (χ0n) is 33.2. The molecule has 0 saturated carbocycles. The SMILES string of the molecule is CC[C@H](C)[C@H](NC(=O)[C@H](CCSC)NC(=O)[C@@H]1CCCN1C(=O)[C@H](CO)NC(=O)[C@@H](N)Cc1cnc[nH]1)C(=O)N[C@@H](Cc1ccccc1)C(=O)N[C@H](C(=O)O)[C@@H](C)O. The normalized spacial score (nSPS) is 18.0. The number of amides is 6. The van der Waals surface area contributed by atoms with Crippen molar-refractivity contribution >= 4 is 53.2 Å². The van der Waals surface area contributed by atoms with Crippen LogP contribution in [-0.2, 0) is 46.4 Å². The third-order valence-corrected chi connectivity index (χ3v) is 10.6. The summed E-state index contributed by atoms with van der Waals surface area (Å²) >= 11 is 1.42. The molecule has 0 aliphatic carbocycles. The molecule has 2 heterocycles. The molecule has 320 valence electrons. The van der Waals surface area contributed by atoms with Crippen molar-refractivity contribution in [3.05, 3.63) is 54.1 Å². The minimum absolute atomic E-state index is 0.0342. The van der Waals surface area contributed by atoms with E-state index < -0.39 is 102 Å². The quantitative estimate of drug-likeness (QED) is 0.0592. The van der Waals surface area contributed by atoms with E-state index in [1.807, 2.05) is 6.26 Å². The highest BCUT2D eigenvalue weighted by atomic mass is 32.2. The number of carbonyl (C=O) groups excluding carboxylic acids is 6. The average Bonchev–Trinajstić information content (AvgIpc) is 3.91. The van der Waals surface area contributed by atoms with Crippen molar-refractivity contribution in [3.8, 4) is 0 Å². The van der Waals surface area contributed by atoms with Gasteiger partial charge in [-0.2, -0.15) is 11.8 Å². The van der Waals surface area contributed by atoms with E-state index in [0.717, 1.165) is 0 Å². The standard InChI is InChI=1S/C38H57N9O10S/c1-5-21(2)30(36(54)43-27(16-23-10-7-6-8-11-23)34(52)46-31(22(3)49)38(56)57)45-33(51)26(13-15-58-4)42-35(53)29-12-9-14-47(29)37(55)28(19-48)44-32(50)25(39)17-24-18-40-20-41-24/h6-8,10-11,18,20-22,25-31,48-49H,5,9,12-17,19,39H2,1-4H3,(H,40,41)(H,42,53)(H,43,54)(H,44,50)(H,45,51)(H,46,52)(H,56,57)/t21-,22+,25-,26-,27-,28-,29-,30-,31-/m0/s1. The summed E-state index contributed by atoms with van der Waals surface area (Å²) in [7, 11) is 0. The summed E-state index contributed by atoms with van der Waals surface area (Å²) in [4.78, 5) is 101. The lowest BCUT2D eigenvalue weighted by atomic mass is 9.96. The van der Waals surface area contributed by atoms with Crippen molar-refractivity contribution in [2.24, 2.45) is 11.7 Å². The third kappa shape index (κ3) is 13.8. The van der Waals surface area contributed by atoms with Gasteiger partial charge in [-0.05, 0) is 49.7 Å². The number of nitrogens with zero attached hydrogens (tertiary/aromatic N) is 2. The summed E-state index contributed by atoms with van der Waals surface area (Å²) in [5.74, 6) is -5.79. The highest BCUT2D eigenvalue weighted by molar-refractivity contribution is 7.98. The van der Waals surface area contributed by atoms with Crippen LogP contribution in [0.15, 0.2) is 42.9 Å². The Morgan fingerprint density at radius 1 is 0.914 bits per heavy atom. The summed E-state index contributed by atoms with van der Waals surface area (Å²) in [6.45, 7) is 4.14. The van der Waals surface area contributed by atoms with E-state index in [1.165, 1.54) is 36.1 Å². The number of nitrogens with one attached hydrogen (secondary N) is 6. The Bertz CT molecular complexity index is 1680. The van der Waals surface area contributed by atoms with Gasteiger partial charge in [0.05, 0.1) is 25.1 Å². The van der Waals surface area contributed by atoms with Crippen LogP contribution in [-0.4, -0.2) is 145 Å². The molecule has 0 radical (unpaired) electrons. The largest absolute Gasteiger partial charge is 0.480 e. The fourth-order valence-corrected chi connectivity index (χ4v) is 6.86. The number of hydrogen-bond acceptors (Lipinski definition) is 12. The van der Waals surface area contributed by atoms with Crippen LogP contribution in [0, 0.1) is 5.92 Å². The van der Waals surface area contributed by atoms with Crippen molar-refractivity contribution in [1.82, 2.24) is 41.5 Å². The summed E-state index contributed by atoms with van der Waals surface area (Å²) in [6, 6.07) is -0.0537. The Labute approximate surface area is 341 Å². The van der Waals surface area contributed by atoms with Gasteiger partial charge >= 0.3 is 5.97 Å². The van der Waals surface area contributed by atoms with E-state index in [0.29, 0.717) is 29.9 Å². The van der Waals surface area contributed by atoms with E-state index in [1.54, 1.807) is 44.2 Å². The van der Waals surface area contributed by atoms with Gasteiger partial charge in [-0.1, -0.05) is 50.6 Å². The number of carboxylic acids is 1. The molecule has 0 spiro atoms. The van der Waals surface area contributed by atoms with E-state index in [4.69, 9.17) is 5.73 Å². The minimum Gasteiger partial charge on any atom is -0.480 e. The molecule has 19 nitrogen and oxygen atoms in total. The molecule has 0 unspecified atom stereocenters. The molecule has 58 heavy (non-hydrogen) atoms. The molecule has 11 N–H and O–H groups in total. The Kier molecular flexibility index (Phi) is 19.1. The molecule has 3 rings (SSSR count). The van der Waals surface area contributed by atoms with Gasteiger partial charge < -0.3 is 57.5 Å². The molecule has 6 amide bonds. The highest BCUT2D eigenvalue weighted by Gasteiger charge is 2.40. The summed E-state index contributed by atoms with van der Waals surface area (Å²) < 4.78 is 0. The molecule has 1 aliphatic rings. The Balaban J connectivity index is 1.76. The van der Waals surface area contributed by atoms with Gasteiger partial charge in [0.2, 0.25) is 35.4 Å². The number of aliphatic hydroxyl groups excluding tert-OH is 2. The number of nitrogens with two attached hydrogens (primary N) is 1. The monoisotopic (exact) mass is 831 g/mol. The van der Waals surface area contributed by atoms with Crippen LogP contribution in [0.1, 0.15) is 57.7 Å².